The average Bonchev–Trinajstić information content (AvgIpc) is 1.38. The van der Waals surface area contributed by atoms with Crippen molar-refractivity contribution in [3.8, 4) is 6.07 Å². The van der Waals surface area contributed by atoms with E-state index in [1.54, 1.807) is 6.07 Å². The minimum absolute atomic E-state index is 0.310. The zero-order chi connectivity index (χ0) is 4.28. The van der Waals surface area contributed by atoms with E-state index in [9.17, 15) is 0 Å². The van der Waals surface area contributed by atoms with Gasteiger partial charge in [-0.3, -0.25) is 0 Å². The molecule has 0 aromatic rings. The van der Waals surface area contributed by atoms with Crippen molar-refractivity contribution < 1.29 is 0 Å². The molecule has 0 atom stereocenters. The minimum atomic E-state index is 0.310. The van der Waals surface area contributed by atoms with Crippen LogP contribution in [-0.4, -0.2) is 0 Å². The second-order valence-electron chi connectivity index (χ2n) is 0.715. The van der Waals surface area contributed by atoms with Crippen molar-refractivity contribution in [1.29, 1.82) is 5.26 Å². The van der Waals surface area contributed by atoms with Gasteiger partial charge in [-0.05, 0) is 0 Å². The Morgan fingerprint density at radius 2 is 2.20 bits per heavy atom. The number of hydrogen-bond acceptors (Lipinski definition) is 1. The summed E-state index contributed by atoms with van der Waals surface area (Å²) in [6.45, 7) is 6.40. The molecule has 0 aromatic heterocycles. The molecule has 0 saturated heterocycles. The molecule has 24 valence electrons. The topological polar surface area (TPSA) is 23.8 Å². The van der Waals surface area contributed by atoms with Gasteiger partial charge in [0.2, 0.25) is 5.57 Å². The van der Waals surface area contributed by atoms with E-state index < -0.39 is 0 Å². The van der Waals surface area contributed by atoms with Crippen molar-refractivity contribution in [3.63, 3.8) is 0 Å². The van der Waals surface area contributed by atoms with E-state index in [0.717, 1.165) is 0 Å². The maximum absolute atomic E-state index is 7.73. The van der Waals surface area contributed by atoms with Crippen LogP contribution in [-0.2, 0) is 0 Å². The van der Waals surface area contributed by atoms with Crippen molar-refractivity contribution >= 4 is 0 Å². The monoisotopic (exact) mass is 66.0 g/mol. The van der Waals surface area contributed by atoms with Crippen LogP contribution in [0, 0.1) is 18.3 Å². The number of hydrogen-bond donors (Lipinski definition) is 0. The van der Waals surface area contributed by atoms with Crippen LogP contribution in [0.1, 0.15) is 0 Å². The van der Waals surface area contributed by atoms with Gasteiger partial charge < -0.3 is 0 Å². The Labute approximate surface area is 31.5 Å². The summed E-state index contributed by atoms with van der Waals surface area (Å²) in [6.07, 6.45) is 0. The Balaban J connectivity index is 3.35. The lowest BCUT2D eigenvalue weighted by atomic mass is 10.4. The molecule has 0 rings (SSSR count). The predicted octanol–water partition coefficient (Wildman–Crippen LogP) is 0.900. The van der Waals surface area contributed by atoms with Gasteiger partial charge >= 0.3 is 0 Å². The van der Waals surface area contributed by atoms with E-state index in [1.165, 1.54) is 0 Å². The summed E-state index contributed by atoms with van der Waals surface area (Å²) < 4.78 is 0. The molecule has 0 saturated carbocycles. The fourth-order valence-electron chi connectivity index (χ4n) is 0. The molecule has 0 aliphatic heterocycles. The molecule has 0 aromatic carbocycles. The predicted molar refractivity (Wildman–Crippen MR) is 20.1 cm³/mol. The van der Waals surface area contributed by atoms with E-state index in [0.29, 0.717) is 5.57 Å². The summed E-state index contributed by atoms with van der Waals surface area (Å²) in [7, 11) is 0. The van der Waals surface area contributed by atoms with Crippen LogP contribution in [0.15, 0.2) is 12.2 Å². The third-order valence-corrected chi connectivity index (χ3v) is 0.158. The van der Waals surface area contributed by atoms with Crippen molar-refractivity contribution in [2.24, 2.45) is 0 Å². The van der Waals surface area contributed by atoms with Crippen LogP contribution in [0.4, 0.5) is 0 Å². The lowest BCUT2D eigenvalue weighted by Crippen LogP contribution is -1.53. The number of rotatable bonds is 0. The highest BCUT2D eigenvalue weighted by Gasteiger charge is 1.80. The summed E-state index contributed by atoms with van der Waals surface area (Å²) in [5.41, 5.74) is 0.310. The molecule has 1 nitrogen and oxygen atoms in total. The van der Waals surface area contributed by atoms with Gasteiger partial charge in [-0.25, -0.2) is 0 Å². The van der Waals surface area contributed by atoms with Crippen LogP contribution in [0.2, 0.25) is 0 Å². The number of nitriles is 1. The molecule has 0 unspecified atom stereocenters. The molecule has 1 heteroatoms. The van der Waals surface area contributed by atoms with Gasteiger partial charge in [0.05, 0.1) is 0 Å². The van der Waals surface area contributed by atoms with E-state index in [4.69, 9.17) is 5.26 Å². The van der Waals surface area contributed by atoms with Crippen LogP contribution >= 0.6 is 0 Å². The second kappa shape index (κ2) is 1.42. The summed E-state index contributed by atoms with van der Waals surface area (Å²) in [5.74, 6) is 0. The van der Waals surface area contributed by atoms with Crippen LogP contribution in [0.3, 0.4) is 0 Å². The summed E-state index contributed by atoms with van der Waals surface area (Å²) in [6, 6.07) is 1.72. The van der Waals surface area contributed by atoms with Crippen LogP contribution in [0.25, 0.3) is 0 Å². The van der Waals surface area contributed by atoms with Gasteiger partial charge in [0, 0.05) is 13.5 Å². The van der Waals surface area contributed by atoms with E-state index in [1.807, 2.05) is 0 Å². The van der Waals surface area contributed by atoms with Crippen LogP contribution in [0.5, 0.6) is 0 Å². The maximum Gasteiger partial charge on any atom is 0.266 e. The van der Waals surface area contributed by atoms with Crippen molar-refractivity contribution in [1.82, 2.24) is 0 Å². The molecule has 5 heavy (non-hydrogen) atoms. The molecule has 0 N–H and O–H groups in total. The summed E-state index contributed by atoms with van der Waals surface area (Å²) >= 11 is 0. The molecule has 0 aliphatic rings. The average molecular weight is 66.1 g/mol. The standard InChI is InChI=1S/C4H4N/c1-4(2)3-5/h1-2H2/q+1. The van der Waals surface area contributed by atoms with Gasteiger partial charge in [-0.1, -0.05) is 5.26 Å². The highest BCUT2D eigenvalue weighted by molar-refractivity contribution is 5.17. The molecule has 0 spiro atoms. The minimum Gasteiger partial charge on any atom is -0.0975 e. The normalized spacial score (nSPS) is 5.40. The second-order valence-corrected chi connectivity index (χ2v) is 0.715. The number of nitrogens with zero attached hydrogens (tertiary/aromatic N) is 1. The molecular formula is C4H4N+. The Morgan fingerprint density at radius 3 is 2.20 bits per heavy atom. The van der Waals surface area contributed by atoms with Crippen LogP contribution < -0.4 is 0 Å². The summed E-state index contributed by atoms with van der Waals surface area (Å²) in [4.78, 5) is 0. The smallest absolute Gasteiger partial charge is 0.0975 e. The Kier molecular flexibility index (Phi) is 1.17. The first kappa shape index (κ1) is 4.10. The zero-order valence-corrected chi connectivity index (χ0v) is 2.86. The molecule has 0 fully saturated rings. The van der Waals surface area contributed by atoms with E-state index >= 15 is 0 Å². The largest absolute Gasteiger partial charge is 0.266 e. The van der Waals surface area contributed by atoms with E-state index in [2.05, 4.69) is 13.5 Å². The SMILES string of the molecule is C=C([CH2+])C#N. The lowest BCUT2D eigenvalue weighted by molar-refractivity contribution is 1.51. The van der Waals surface area contributed by atoms with Gasteiger partial charge in [0.25, 0.3) is 6.07 Å². The lowest BCUT2D eigenvalue weighted by Gasteiger charge is -1.47. The zero-order valence-electron chi connectivity index (χ0n) is 2.86. The highest BCUT2D eigenvalue weighted by atomic mass is 14.2. The fourth-order valence-corrected chi connectivity index (χ4v) is 0. The third-order valence-electron chi connectivity index (χ3n) is 0.158. The van der Waals surface area contributed by atoms with Gasteiger partial charge in [0.1, 0.15) is 0 Å². The molecular weight excluding hydrogens is 62.1 g/mol. The molecule has 0 aliphatic carbocycles. The van der Waals surface area contributed by atoms with Crippen molar-refractivity contribution in [3.05, 3.63) is 19.1 Å². The first-order chi connectivity index (χ1) is 2.27. The first-order valence-electron chi connectivity index (χ1n) is 1.18. The van der Waals surface area contributed by atoms with Crippen molar-refractivity contribution in [2.45, 2.75) is 0 Å². The Bertz CT molecular complexity index is 76.1. The highest BCUT2D eigenvalue weighted by Crippen LogP contribution is 1.73. The molecule has 0 heterocycles. The van der Waals surface area contributed by atoms with E-state index in [-0.39, 0.29) is 0 Å². The molecule has 0 bridgehead atoms. The fraction of sp³-hybridized carbons (Fsp3) is 0. The molecule has 0 amide bonds. The molecule has 0 radical (unpaired) electrons. The van der Waals surface area contributed by atoms with Gasteiger partial charge in [-0.15, -0.1) is 0 Å². The first-order valence-corrected chi connectivity index (χ1v) is 1.18. The van der Waals surface area contributed by atoms with Gasteiger partial charge in [0.15, 0.2) is 0 Å². The van der Waals surface area contributed by atoms with Crippen molar-refractivity contribution in [2.75, 3.05) is 0 Å². The van der Waals surface area contributed by atoms with Gasteiger partial charge in [-0.2, -0.15) is 0 Å². The Morgan fingerprint density at radius 1 is 2.00 bits per heavy atom. The Hall–Kier alpha value is -0.900. The maximum atomic E-state index is 7.73. The quantitative estimate of drug-likeness (QED) is 0.304. The number of allylic oxidation sites excluding steroid dienone is 1. The third kappa shape index (κ3) is 3.10. The summed E-state index contributed by atoms with van der Waals surface area (Å²) in [5, 5.41) is 7.73.